The van der Waals surface area contributed by atoms with Crippen LogP contribution < -0.4 is 14.2 Å². The lowest BCUT2D eigenvalue weighted by Crippen LogP contribution is -2.73. The van der Waals surface area contributed by atoms with E-state index < -0.39 is 34.5 Å². The molecule has 0 radical (unpaired) electrons. The second kappa shape index (κ2) is 7.04. The van der Waals surface area contributed by atoms with Crippen LogP contribution in [-0.4, -0.2) is 33.0 Å². The third kappa shape index (κ3) is 2.34. The third-order valence-corrected chi connectivity index (χ3v) is 6.81. The molecule has 1 aliphatic carbocycles. The fourth-order valence-electron chi connectivity index (χ4n) is 5.39. The van der Waals surface area contributed by atoms with Gasteiger partial charge in [-0.1, -0.05) is 6.42 Å². The molecule has 3 saturated heterocycles. The molecule has 1 aromatic rings. The minimum Gasteiger partial charge on any atom is -0.493 e. The Labute approximate surface area is 180 Å². The Hall–Kier alpha value is -3.48. The average molecular weight is 422 g/mol. The Morgan fingerprint density at radius 1 is 1.00 bits per heavy atom. The van der Waals surface area contributed by atoms with Crippen LogP contribution in [0.5, 0.6) is 17.2 Å². The molecule has 9 heteroatoms. The van der Waals surface area contributed by atoms with E-state index >= 15 is 0 Å². The predicted molar refractivity (Wildman–Crippen MR) is 105 cm³/mol. The first kappa shape index (κ1) is 20.8. The van der Waals surface area contributed by atoms with E-state index in [2.05, 4.69) is 18.2 Å². The van der Waals surface area contributed by atoms with Gasteiger partial charge in [0.2, 0.25) is 17.4 Å². The largest absolute Gasteiger partial charge is 0.493 e. The number of nitriles is 3. The summed E-state index contributed by atoms with van der Waals surface area (Å²) in [4.78, 5) is 0. The maximum absolute atomic E-state index is 10.4. The molecular formula is C22H22N4O5. The molecule has 3 heterocycles. The molecule has 1 aromatic carbocycles. The van der Waals surface area contributed by atoms with Crippen molar-refractivity contribution in [1.29, 1.82) is 21.2 Å². The number of fused-ring (bicyclic) bond motifs is 2. The van der Waals surface area contributed by atoms with Gasteiger partial charge in [0, 0.05) is 6.42 Å². The van der Waals surface area contributed by atoms with Gasteiger partial charge in [0.25, 0.3) is 0 Å². The van der Waals surface area contributed by atoms with Crippen LogP contribution in [0.15, 0.2) is 12.1 Å². The van der Waals surface area contributed by atoms with Crippen molar-refractivity contribution in [3.63, 3.8) is 0 Å². The number of nitrogens with one attached hydrogen (secondary N) is 1. The Kier molecular flexibility index (Phi) is 4.72. The van der Waals surface area contributed by atoms with Crippen molar-refractivity contribution < 1.29 is 23.7 Å². The van der Waals surface area contributed by atoms with Gasteiger partial charge in [-0.3, -0.25) is 5.41 Å². The maximum Gasteiger partial charge on any atom is 0.218 e. The van der Waals surface area contributed by atoms with Gasteiger partial charge in [-0.05, 0) is 30.5 Å². The van der Waals surface area contributed by atoms with Crippen molar-refractivity contribution in [3.05, 3.63) is 17.7 Å². The first-order valence-electron chi connectivity index (χ1n) is 9.93. The van der Waals surface area contributed by atoms with E-state index in [1.165, 1.54) is 21.3 Å². The highest BCUT2D eigenvalue weighted by Gasteiger charge is 2.80. The van der Waals surface area contributed by atoms with Gasteiger partial charge in [0.15, 0.2) is 22.3 Å². The maximum atomic E-state index is 10.4. The smallest absolute Gasteiger partial charge is 0.218 e. The molecule has 2 bridgehead atoms. The Morgan fingerprint density at radius 2 is 1.65 bits per heavy atom. The van der Waals surface area contributed by atoms with E-state index in [1.54, 1.807) is 12.1 Å². The molecule has 4 atom stereocenters. The second-order valence-corrected chi connectivity index (χ2v) is 7.95. The zero-order valence-electron chi connectivity index (χ0n) is 17.5. The zero-order valence-corrected chi connectivity index (χ0v) is 17.5. The number of ether oxygens (including phenoxy) is 5. The number of hydrogen-bond acceptors (Lipinski definition) is 9. The lowest BCUT2D eigenvalue weighted by molar-refractivity contribution is -0.360. The minimum absolute atomic E-state index is 0.333. The molecule has 1 N–H and O–H groups in total. The summed E-state index contributed by atoms with van der Waals surface area (Å²) in [6.45, 7) is 0. The Balaban J connectivity index is 2.01. The Bertz CT molecular complexity index is 1030. The van der Waals surface area contributed by atoms with Crippen LogP contribution in [0.2, 0.25) is 0 Å². The molecule has 9 nitrogen and oxygen atoms in total. The SMILES string of the molecule is COc1cc([C@H]2O[C@@]34CCCC[C@@H]3C(C#N)(C#N)[C@]2(C#N)C(=N)O4)cc(OC)c1OC. The lowest BCUT2D eigenvalue weighted by atomic mass is 9.48. The lowest BCUT2D eigenvalue weighted by Gasteiger charge is -2.63. The summed E-state index contributed by atoms with van der Waals surface area (Å²) in [5.74, 6) is -1.35. The van der Waals surface area contributed by atoms with Crippen LogP contribution >= 0.6 is 0 Å². The third-order valence-electron chi connectivity index (χ3n) is 6.81. The van der Waals surface area contributed by atoms with Gasteiger partial charge in [-0.15, -0.1) is 0 Å². The van der Waals surface area contributed by atoms with Gasteiger partial charge in [-0.2, -0.15) is 15.8 Å². The fourth-order valence-corrected chi connectivity index (χ4v) is 5.39. The standard InChI is InChI=1S/C22H22N4O5/c1-27-14-8-13(9-15(28-2)17(14)29-3)18-21(12-25)19(26)31-22(30-18)7-5-4-6-16(22)20(21,10-23)11-24/h8-9,16,18,26H,4-7H2,1-3H3/t16-,18-,21+,22-/m1/s1. The minimum atomic E-state index is -1.95. The summed E-state index contributed by atoms with van der Waals surface area (Å²) >= 11 is 0. The topological polar surface area (TPSA) is 141 Å². The van der Waals surface area contributed by atoms with Gasteiger partial charge in [-0.25, -0.2) is 0 Å². The molecule has 1 spiro atoms. The molecule has 1 saturated carbocycles. The predicted octanol–water partition coefficient (Wildman–Crippen LogP) is 3.22. The first-order chi connectivity index (χ1) is 14.9. The van der Waals surface area contributed by atoms with E-state index in [0.717, 1.165) is 12.8 Å². The van der Waals surface area contributed by atoms with E-state index in [4.69, 9.17) is 29.1 Å². The molecule has 0 unspecified atom stereocenters. The van der Waals surface area contributed by atoms with Gasteiger partial charge in [0.05, 0.1) is 45.5 Å². The van der Waals surface area contributed by atoms with Crippen LogP contribution in [0, 0.1) is 56.2 Å². The number of rotatable bonds is 4. The molecular weight excluding hydrogens is 400 g/mol. The van der Waals surface area contributed by atoms with Crippen molar-refractivity contribution in [2.45, 2.75) is 37.6 Å². The molecule has 160 valence electrons. The fraction of sp³-hybridized carbons (Fsp3) is 0.545. The zero-order chi connectivity index (χ0) is 22.4. The first-order valence-corrected chi connectivity index (χ1v) is 9.93. The number of nitrogens with zero attached hydrogens (tertiary/aromatic N) is 3. The van der Waals surface area contributed by atoms with Crippen LogP contribution in [0.1, 0.15) is 37.4 Å². The quantitative estimate of drug-likeness (QED) is 0.779. The number of benzene rings is 1. The molecule has 5 rings (SSSR count). The molecule has 0 amide bonds. The van der Waals surface area contributed by atoms with E-state index in [1.807, 2.05) is 0 Å². The van der Waals surface area contributed by atoms with E-state index in [-0.39, 0.29) is 0 Å². The summed E-state index contributed by atoms with van der Waals surface area (Å²) < 4.78 is 28.6. The summed E-state index contributed by atoms with van der Waals surface area (Å²) in [6, 6.07) is 9.58. The molecule has 0 aromatic heterocycles. The van der Waals surface area contributed by atoms with Crippen molar-refractivity contribution in [2.75, 3.05) is 21.3 Å². The monoisotopic (exact) mass is 422 g/mol. The molecule has 31 heavy (non-hydrogen) atoms. The van der Waals surface area contributed by atoms with Gasteiger partial charge < -0.3 is 23.7 Å². The van der Waals surface area contributed by atoms with Crippen molar-refractivity contribution in [3.8, 4) is 35.5 Å². The second-order valence-electron chi connectivity index (χ2n) is 7.95. The van der Waals surface area contributed by atoms with Crippen LogP contribution in [-0.2, 0) is 9.47 Å². The summed E-state index contributed by atoms with van der Waals surface area (Å²) in [6.07, 6.45) is 1.36. The van der Waals surface area contributed by atoms with Crippen LogP contribution in [0.25, 0.3) is 0 Å². The van der Waals surface area contributed by atoms with E-state index in [9.17, 15) is 15.8 Å². The highest BCUT2D eigenvalue weighted by atomic mass is 16.7. The number of methoxy groups -OCH3 is 3. The molecule has 3 aliphatic heterocycles. The summed E-state index contributed by atoms with van der Waals surface area (Å²) in [5.41, 5.74) is -3.33. The Morgan fingerprint density at radius 3 is 2.16 bits per heavy atom. The van der Waals surface area contributed by atoms with Crippen molar-refractivity contribution >= 4 is 5.90 Å². The number of hydrogen-bond donors (Lipinski definition) is 1. The molecule has 4 fully saturated rings. The van der Waals surface area contributed by atoms with Crippen LogP contribution in [0.3, 0.4) is 0 Å². The van der Waals surface area contributed by atoms with E-state index in [0.29, 0.717) is 35.7 Å². The van der Waals surface area contributed by atoms with Gasteiger partial charge in [0.1, 0.15) is 6.10 Å². The van der Waals surface area contributed by atoms with Gasteiger partial charge >= 0.3 is 0 Å². The van der Waals surface area contributed by atoms with Crippen molar-refractivity contribution in [1.82, 2.24) is 0 Å². The molecule has 4 aliphatic rings. The summed E-state index contributed by atoms with van der Waals surface area (Å²) in [7, 11) is 4.40. The average Bonchev–Trinajstić information content (AvgIpc) is 2.81. The summed E-state index contributed by atoms with van der Waals surface area (Å²) in [5, 5.41) is 39.5. The highest BCUT2D eigenvalue weighted by Crippen LogP contribution is 2.69. The highest BCUT2D eigenvalue weighted by molar-refractivity contribution is 5.89. The van der Waals surface area contributed by atoms with Crippen molar-refractivity contribution in [2.24, 2.45) is 16.7 Å². The normalized spacial score (nSPS) is 32.5. The van der Waals surface area contributed by atoms with Crippen LogP contribution in [0.4, 0.5) is 0 Å².